The number of ether oxygens (including phenoxy) is 2. The molecule has 2 atom stereocenters. The quantitative estimate of drug-likeness (QED) is 0.171. The minimum Gasteiger partial charge on any atom is -0.455 e. The zero-order valence-corrected chi connectivity index (χ0v) is 25.7. The largest absolute Gasteiger partial charge is 0.455 e. The molecule has 1 amide bonds. The number of nitro groups is 1. The van der Waals surface area contributed by atoms with Gasteiger partial charge in [0, 0.05) is 49.4 Å². The van der Waals surface area contributed by atoms with Crippen LogP contribution in [0.2, 0.25) is 0 Å². The van der Waals surface area contributed by atoms with Gasteiger partial charge in [0.1, 0.15) is 22.8 Å². The van der Waals surface area contributed by atoms with Crippen molar-refractivity contribution in [2.45, 2.75) is 55.7 Å². The highest BCUT2D eigenvalue weighted by atomic mass is 32.2. The number of likely N-dealkylation sites (tertiary alicyclic amines) is 1. The maximum atomic E-state index is 13.3. The topological polar surface area (TPSA) is 169 Å². The lowest BCUT2D eigenvalue weighted by Crippen LogP contribution is -2.45. The number of aromatic amines is 1. The number of nitrogens with zero attached hydrogens (tertiary/aromatic N) is 3. The fraction of sp³-hybridized carbons (Fsp3) is 0.355. The van der Waals surface area contributed by atoms with E-state index >= 15 is 0 Å². The van der Waals surface area contributed by atoms with Gasteiger partial charge in [-0.05, 0) is 69.5 Å². The molecule has 6 rings (SSSR count). The number of hydrogen-bond acceptors (Lipinski definition) is 10. The Kier molecular flexibility index (Phi) is 8.20. The van der Waals surface area contributed by atoms with Gasteiger partial charge in [-0.3, -0.25) is 19.8 Å². The van der Waals surface area contributed by atoms with Crippen LogP contribution in [0, 0.1) is 10.1 Å². The van der Waals surface area contributed by atoms with Gasteiger partial charge in [-0.2, -0.15) is 0 Å². The van der Waals surface area contributed by atoms with Crippen LogP contribution < -0.4 is 14.8 Å². The summed E-state index contributed by atoms with van der Waals surface area (Å²) < 4.78 is 40.3. The predicted octanol–water partition coefficient (Wildman–Crippen LogP) is 4.83. The van der Waals surface area contributed by atoms with Crippen molar-refractivity contribution in [1.82, 2.24) is 19.6 Å². The van der Waals surface area contributed by atoms with E-state index in [0.717, 1.165) is 37.3 Å². The third-order valence-corrected chi connectivity index (χ3v) is 9.53. The highest BCUT2D eigenvalue weighted by molar-refractivity contribution is 7.90. The van der Waals surface area contributed by atoms with Crippen molar-refractivity contribution in [2.24, 2.45) is 0 Å². The molecule has 4 aromatic rings. The van der Waals surface area contributed by atoms with E-state index in [1.165, 1.54) is 30.5 Å². The number of hydrogen-bond donors (Lipinski definition) is 3. The van der Waals surface area contributed by atoms with Crippen LogP contribution in [0.25, 0.3) is 11.0 Å². The van der Waals surface area contributed by atoms with Crippen LogP contribution in [-0.4, -0.2) is 71.5 Å². The summed E-state index contributed by atoms with van der Waals surface area (Å²) in [5.41, 5.74) is 0.262. The summed E-state index contributed by atoms with van der Waals surface area (Å²) in [6.07, 6.45) is 5.86. The molecule has 45 heavy (non-hydrogen) atoms. The fourth-order valence-electron chi connectivity index (χ4n) is 6.00. The number of anilines is 1. The molecule has 2 aromatic heterocycles. The van der Waals surface area contributed by atoms with Gasteiger partial charge < -0.3 is 19.8 Å². The summed E-state index contributed by atoms with van der Waals surface area (Å²) >= 11 is 0. The molecule has 0 bridgehead atoms. The van der Waals surface area contributed by atoms with Gasteiger partial charge >= 0.3 is 0 Å². The zero-order chi connectivity index (χ0) is 31.8. The molecule has 0 aliphatic carbocycles. The van der Waals surface area contributed by atoms with E-state index in [1.807, 2.05) is 10.8 Å². The van der Waals surface area contributed by atoms with Crippen molar-refractivity contribution in [3.05, 3.63) is 82.7 Å². The van der Waals surface area contributed by atoms with Crippen LogP contribution in [0.3, 0.4) is 0 Å². The van der Waals surface area contributed by atoms with Gasteiger partial charge in [0.15, 0.2) is 0 Å². The molecule has 2 aromatic carbocycles. The molecule has 0 saturated carbocycles. The number of H-pyrrole nitrogens is 1. The Hall–Kier alpha value is -4.53. The first kappa shape index (κ1) is 30.5. The normalized spacial score (nSPS) is 20.1. The monoisotopic (exact) mass is 634 g/mol. The second-order valence-electron chi connectivity index (χ2n) is 11.9. The molecule has 0 spiro atoms. The standard InChI is InChI=1S/C31H34N6O7S/c1-31(2)17-22(11-14-43-31)36-13-10-21(19-36)34-26-8-7-24(16-27(26)37(39)40)45(41,42)35-30(38)25-5-3-4-6-28(25)44-23-15-20-9-12-32-29(20)33-18-23/h3-9,12,15-16,18,21-22,34H,10-11,13-14,17,19H2,1-2H3,(H,32,33)(H,35,38)/t21-,22?/m0/s1. The summed E-state index contributed by atoms with van der Waals surface area (Å²) in [5, 5.41) is 16.1. The number of benzene rings is 2. The predicted molar refractivity (Wildman–Crippen MR) is 167 cm³/mol. The highest BCUT2D eigenvalue weighted by Gasteiger charge is 2.36. The minimum atomic E-state index is -4.48. The van der Waals surface area contributed by atoms with Crippen molar-refractivity contribution in [3.8, 4) is 11.5 Å². The van der Waals surface area contributed by atoms with Gasteiger partial charge in [-0.25, -0.2) is 18.1 Å². The molecule has 2 fully saturated rings. The van der Waals surface area contributed by atoms with Gasteiger partial charge in [0.05, 0.1) is 27.2 Å². The summed E-state index contributed by atoms with van der Waals surface area (Å²) in [4.78, 5) is 33.8. The lowest BCUT2D eigenvalue weighted by Gasteiger charge is -2.39. The molecule has 0 radical (unpaired) electrons. The van der Waals surface area contributed by atoms with Crippen LogP contribution in [0.15, 0.2) is 71.9 Å². The van der Waals surface area contributed by atoms with Crippen LogP contribution in [0.4, 0.5) is 11.4 Å². The average molecular weight is 635 g/mol. The number of carbonyl (C=O) groups excluding carboxylic acids is 1. The molecule has 236 valence electrons. The highest BCUT2D eigenvalue weighted by Crippen LogP contribution is 2.33. The summed E-state index contributed by atoms with van der Waals surface area (Å²) in [6.45, 7) is 6.44. The fourth-order valence-corrected chi connectivity index (χ4v) is 6.99. The lowest BCUT2D eigenvalue weighted by molar-refractivity contribution is -0.384. The maximum absolute atomic E-state index is 13.3. The number of para-hydroxylation sites is 1. The van der Waals surface area contributed by atoms with E-state index in [2.05, 4.69) is 34.0 Å². The van der Waals surface area contributed by atoms with Gasteiger partial charge in [0.2, 0.25) is 0 Å². The molecule has 3 N–H and O–H groups in total. The van der Waals surface area contributed by atoms with Gasteiger partial charge in [-0.1, -0.05) is 12.1 Å². The Morgan fingerprint density at radius 2 is 2.00 bits per heavy atom. The van der Waals surface area contributed by atoms with Crippen molar-refractivity contribution in [2.75, 3.05) is 25.0 Å². The average Bonchev–Trinajstić information content (AvgIpc) is 3.66. The number of carbonyl (C=O) groups is 1. The van der Waals surface area contributed by atoms with E-state index in [-0.39, 0.29) is 28.6 Å². The molecular formula is C31H34N6O7S. The first-order valence-corrected chi connectivity index (χ1v) is 16.2. The second-order valence-corrected chi connectivity index (χ2v) is 13.6. The number of nitro benzene ring substituents is 1. The summed E-state index contributed by atoms with van der Waals surface area (Å²) in [7, 11) is -4.48. The number of amides is 1. The van der Waals surface area contributed by atoms with E-state index in [9.17, 15) is 23.3 Å². The van der Waals surface area contributed by atoms with Gasteiger partial charge in [0.25, 0.3) is 21.6 Å². The third kappa shape index (κ3) is 6.77. The van der Waals surface area contributed by atoms with Gasteiger partial charge in [-0.15, -0.1) is 0 Å². The number of sulfonamides is 1. The molecule has 14 heteroatoms. The Bertz CT molecular complexity index is 1860. The SMILES string of the molecule is CC1(C)CC(N2CC[C@H](Nc3ccc(S(=O)(=O)NC(=O)c4ccccc4Oc4cnc5[nH]ccc5c4)cc3[N+](=O)[O-])C2)CCO1. The van der Waals surface area contributed by atoms with Crippen LogP contribution in [0.1, 0.15) is 43.5 Å². The van der Waals surface area contributed by atoms with Crippen LogP contribution in [-0.2, 0) is 14.8 Å². The Morgan fingerprint density at radius 3 is 2.80 bits per heavy atom. The van der Waals surface area contributed by atoms with E-state index in [0.29, 0.717) is 30.6 Å². The summed E-state index contributed by atoms with van der Waals surface area (Å²) in [5.74, 6) is -0.485. The molecule has 4 heterocycles. The molecule has 2 aliphatic rings. The van der Waals surface area contributed by atoms with Crippen molar-refractivity contribution in [3.63, 3.8) is 0 Å². The van der Waals surface area contributed by atoms with Crippen molar-refractivity contribution in [1.29, 1.82) is 0 Å². The molecule has 2 aliphatic heterocycles. The lowest BCUT2D eigenvalue weighted by atomic mass is 9.93. The zero-order valence-electron chi connectivity index (χ0n) is 24.9. The summed E-state index contributed by atoms with van der Waals surface area (Å²) in [6, 6.07) is 13.6. The maximum Gasteiger partial charge on any atom is 0.293 e. The van der Waals surface area contributed by atoms with E-state index in [4.69, 9.17) is 9.47 Å². The molecule has 13 nitrogen and oxygen atoms in total. The number of fused-ring (bicyclic) bond motifs is 1. The minimum absolute atomic E-state index is 0.0401. The van der Waals surface area contributed by atoms with Crippen LogP contribution in [0.5, 0.6) is 11.5 Å². The molecule has 2 saturated heterocycles. The second kappa shape index (κ2) is 12.1. The van der Waals surface area contributed by atoms with Crippen molar-refractivity contribution >= 4 is 38.3 Å². The number of rotatable bonds is 9. The first-order valence-electron chi connectivity index (χ1n) is 14.7. The first-order chi connectivity index (χ1) is 21.5. The van der Waals surface area contributed by atoms with Crippen LogP contribution >= 0.6 is 0 Å². The van der Waals surface area contributed by atoms with E-state index < -0.39 is 31.4 Å². The smallest absolute Gasteiger partial charge is 0.293 e. The van der Waals surface area contributed by atoms with Crippen molar-refractivity contribution < 1.29 is 27.6 Å². The Balaban J connectivity index is 1.15. The Morgan fingerprint density at radius 1 is 1.18 bits per heavy atom. The number of pyridine rings is 1. The van der Waals surface area contributed by atoms with E-state index in [1.54, 1.807) is 24.4 Å². The number of nitrogens with one attached hydrogen (secondary N) is 3. The third-order valence-electron chi connectivity index (χ3n) is 8.20. The molecule has 1 unspecified atom stereocenters. The Labute approximate surface area is 260 Å². The molecular weight excluding hydrogens is 600 g/mol. The number of aromatic nitrogens is 2.